The Labute approximate surface area is 98.7 Å². The Morgan fingerprint density at radius 2 is 1.94 bits per heavy atom. The Morgan fingerprint density at radius 1 is 1.19 bits per heavy atom. The van der Waals surface area contributed by atoms with Crippen LogP contribution in [0, 0.1) is 5.41 Å². The van der Waals surface area contributed by atoms with Crippen molar-refractivity contribution in [3.05, 3.63) is 53.1 Å². The van der Waals surface area contributed by atoms with Crippen molar-refractivity contribution >= 4 is 6.08 Å². The molecule has 0 saturated carbocycles. The van der Waals surface area contributed by atoms with Gasteiger partial charge < -0.3 is 0 Å². The minimum absolute atomic E-state index is 0.357. The SMILES string of the molecule is C=C1C=Cc2cc(CC(C)(C)C)ccc2C1. The van der Waals surface area contributed by atoms with Crippen LogP contribution in [0.25, 0.3) is 6.08 Å². The summed E-state index contributed by atoms with van der Waals surface area (Å²) in [6.07, 6.45) is 6.45. The lowest BCUT2D eigenvalue weighted by molar-refractivity contribution is 0.411. The third-order valence-electron chi connectivity index (χ3n) is 2.86. The second kappa shape index (κ2) is 3.93. The standard InChI is InChI=1S/C16H20/c1-12-5-7-15-10-13(11-16(2,3)4)6-8-14(15)9-12/h5-8,10H,1,9,11H2,2-4H3. The van der Waals surface area contributed by atoms with E-state index in [1.165, 1.54) is 22.3 Å². The molecule has 0 aromatic heterocycles. The van der Waals surface area contributed by atoms with Gasteiger partial charge in [0.05, 0.1) is 0 Å². The molecule has 0 radical (unpaired) electrons. The molecule has 0 bridgehead atoms. The summed E-state index contributed by atoms with van der Waals surface area (Å²) >= 11 is 0. The molecule has 0 nitrogen and oxygen atoms in total. The quantitative estimate of drug-likeness (QED) is 0.647. The maximum absolute atomic E-state index is 4.01. The first-order chi connectivity index (χ1) is 7.44. The summed E-state index contributed by atoms with van der Waals surface area (Å²) in [5, 5.41) is 0. The predicted octanol–water partition coefficient (Wildman–Crippen LogP) is 4.40. The Balaban J connectivity index is 2.29. The summed E-state index contributed by atoms with van der Waals surface area (Å²) in [6.45, 7) is 10.9. The van der Waals surface area contributed by atoms with Crippen molar-refractivity contribution in [3.8, 4) is 0 Å². The van der Waals surface area contributed by atoms with E-state index in [2.05, 4.69) is 57.7 Å². The number of fused-ring (bicyclic) bond motifs is 1. The second-order valence-electron chi connectivity index (χ2n) is 5.94. The fourth-order valence-corrected chi connectivity index (χ4v) is 2.19. The van der Waals surface area contributed by atoms with Crippen molar-refractivity contribution in [2.75, 3.05) is 0 Å². The lowest BCUT2D eigenvalue weighted by Crippen LogP contribution is -2.09. The zero-order valence-corrected chi connectivity index (χ0v) is 10.5. The van der Waals surface area contributed by atoms with Gasteiger partial charge in [0.25, 0.3) is 0 Å². The Morgan fingerprint density at radius 3 is 2.62 bits per heavy atom. The maximum atomic E-state index is 4.01. The highest BCUT2D eigenvalue weighted by Gasteiger charge is 2.13. The fraction of sp³-hybridized carbons (Fsp3) is 0.375. The van der Waals surface area contributed by atoms with Crippen LogP contribution in [0.15, 0.2) is 36.4 Å². The topological polar surface area (TPSA) is 0 Å². The smallest absolute Gasteiger partial charge is 0.00257 e. The van der Waals surface area contributed by atoms with Gasteiger partial charge in [0, 0.05) is 0 Å². The van der Waals surface area contributed by atoms with Gasteiger partial charge in [-0.1, -0.05) is 63.3 Å². The van der Waals surface area contributed by atoms with Gasteiger partial charge in [-0.15, -0.1) is 0 Å². The molecule has 1 aliphatic carbocycles. The van der Waals surface area contributed by atoms with E-state index in [9.17, 15) is 0 Å². The first kappa shape index (κ1) is 11.2. The van der Waals surface area contributed by atoms with Gasteiger partial charge in [-0.3, -0.25) is 0 Å². The highest BCUT2D eigenvalue weighted by atomic mass is 14.2. The van der Waals surface area contributed by atoms with Crippen LogP contribution in [0.5, 0.6) is 0 Å². The predicted molar refractivity (Wildman–Crippen MR) is 71.5 cm³/mol. The highest BCUT2D eigenvalue weighted by Crippen LogP contribution is 2.26. The highest BCUT2D eigenvalue weighted by molar-refractivity contribution is 5.62. The van der Waals surface area contributed by atoms with E-state index in [4.69, 9.17) is 0 Å². The molecular formula is C16H20. The molecule has 0 unspecified atom stereocenters. The average Bonchev–Trinajstić information content (AvgIpc) is 2.16. The maximum Gasteiger partial charge on any atom is -0.00257 e. The van der Waals surface area contributed by atoms with Crippen LogP contribution in [0.4, 0.5) is 0 Å². The van der Waals surface area contributed by atoms with Crippen molar-refractivity contribution in [3.63, 3.8) is 0 Å². The molecule has 0 aliphatic heterocycles. The zero-order valence-electron chi connectivity index (χ0n) is 10.5. The molecule has 0 heteroatoms. The number of allylic oxidation sites excluding steroid dienone is 2. The Bertz CT molecular complexity index is 442. The van der Waals surface area contributed by atoms with Gasteiger partial charge in [0.1, 0.15) is 0 Å². The van der Waals surface area contributed by atoms with Crippen LogP contribution >= 0.6 is 0 Å². The monoisotopic (exact) mass is 212 g/mol. The van der Waals surface area contributed by atoms with Crippen LogP contribution in [-0.2, 0) is 12.8 Å². The minimum atomic E-state index is 0.357. The molecule has 84 valence electrons. The van der Waals surface area contributed by atoms with Crippen LogP contribution in [0.2, 0.25) is 0 Å². The lowest BCUT2D eigenvalue weighted by Gasteiger charge is -2.20. The van der Waals surface area contributed by atoms with Crippen molar-refractivity contribution in [2.45, 2.75) is 33.6 Å². The molecule has 0 atom stereocenters. The van der Waals surface area contributed by atoms with E-state index < -0.39 is 0 Å². The van der Waals surface area contributed by atoms with Crippen LogP contribution in [0.1, 0.15) is 37.5 Å². The summed E-state index contributed by atoms with van der Waals surface area (Å²) in [5.41, 5.74) is 5.77. The van der Waals surface area contributed by atoms with Gasteiger partial charge in [0.15, 0.2) is 0 Å². The third kappa shape index (κ3) is 2.63. The van der Waals surface area contributed by atoms with Crippen molar-refractivity contribution in [2.24, 2.45) is 5.41 Å². The molecule has 1 aromatic carbocycles. The van der Waals surface area contributed by atoms with Crippen molar-refractivity contribution in [1.82, 2.24) is 0 Å². The zero-order chi connectivity index (χ0) is 11.8. The molecule has 0 amide bonds. The van der Waals surface area contributed by atoms with Gasteiger partial charge >= 0.3 is 0 Å². The van der Waals surface area contributed by atoms with E-state index in [0.717, 1.165) is 12.8 Å². The second-order valence-corrected chi connectivity index (χ2v) is 5.94. The molecule has 1 aliphatic rings. The third-order valence-corrected chi connectivity index (χ3v) is 2.86. The average molecular weight is 212 g/mol. The van der Waals surface area contributed by atoms with E-state index in [0.29, 0.717) is 5.41 Å². The van der Waals surface area contributed by atoms with Crippen LogP contribution in [0.3, 0.4) is 0 Å². The minimum Gasteiger partial charge on any atom is -0.0955 e. The van der Waals surface area contributed by atoms with E-state index in [1.54, 1.807) is 0 Å². The molecule has 16 heavy (non-hydrogen) atoms. The van der Waals surface area contributed by atoms with Gasteiger partial charge in [-0.05, 0) is 34.9 Å². The number of hydrogen-bond acceptors (Lipinski definition) is 0. The Hall–Kier alpha value is -1.30. The van der Waals surface area contributed by atoms with E-state index in [-0.39, 0.29) is 0 Å². The lowest BCUT2D eigenvalue weighted by atomic mass is 9.85. The fourth-order valence-electron chi connectivity index (χ4n) is 2.19. The van der Waals surface area contributed by atoms with Gasteiger partial charge in [-0.25, -0.2) is 0 Å². The molecule has 0 heterocycles. The number of hydrogen-bond donors (Lipinski definition) is 0. The molecule has 0 spiro atoms. The van der Waals surface area contributed by atoms with Crippen LogP contribution in [-0.4, -0.2) is 0 Å². The Kier molecular flexibility index (Phi) is 2.75. The molecule has 2 rings (SSSR count). The van der Waals surface area contributed by atoms with Gasteiger partial charge in [-0.2, -0.15) is 0 Å². The largest absolute Gasteiger partial charge is 0.0955 e. The molecular weight excluding hydrogens is 192 g/mol. The van der Waals surface area contributed by atoms with E-state index >= 15 is 0 Å². The number of rotatable bonds is 1. The molecule has 1 aromatic rings. The summed E-state index contributed by atoms with van der Waals surface area (Å²) in [6, 6.07) is 6.84. The van der Waals surface area contributed by atoms with Crippen LogP contribution < -0.4 is 0 Å². The summed E-state index contributed by atoms with van der Waals surface area (Å²) in [4.78, 5) is 0. The first-order valence-electron chi connectivity index (χ1n) is 5.92. The summed E-state index contributed by atoms with van der Waals surface area (Å²) in [7, 11) is 0. The molecule has 0 N–H and O–H groups in total. The first-order valence-corrected chi connectivity index (χ1v) is 5.92. The van der Waals surface area contributed by atoms with Crippen molar-refractivity contribution in [1.29, 1.82) is 0 Å². The van der Waals surface area contributed by atoms with Gasteiger partial charge in [0.2, 0.25) is 0 Å². The molecule has 0 saturated heterocycles. The van der Waals surface area contributed by atoms with E-state index in [1.807, 2.05) is 0 Å². The molecule has 0 fully saturated rings. The summed E-state index contributed by atoms with van der Waals surface area (Å²) in [5.74, 6) is 0. The normalized spacial score (nSPS) is 15.1. The number of benzene rings is 1. The summed E-state index contributed by atoms with van der Waals surface area (Å²) < 4.78 is 0. The van der Waals surface area contributed by atoms with Crippen molar-refractivity contribution < 1.29 is 0 Å².